The summed E-state index contributed by atoms with van der Waals surface area (Å²) in [6.07, 6.45) is 1.65. The van der Waals surface area contributed by atoms with Crippen LogP contribution in [0.3, 0.4) is 0 Å². The summed E-state index contributed by atoms with van der Waals surface area (Å²) in [5, 5.41) is 20.5. The highest BCUT2D eigenvalue weighted by atomic mass is 35.5. The highest BCUT2D eigenvalue weighted by Gasteiger charge is 2.25. The van der Waals surface area contributed by atoms with Gasteiger partial charge in [-0.25, -0.2) is 10.1 Å². The van der Waals surface area contributed by atoms with Gasteiger partial charge >= 0.3 is 0 Å². The van der Waals surface area contributed by atoms with Crippen LogP contribution in [0.15, 0.2) is 63.2 Å². The number of benzene rings is 2. The number of hydrazone groups is 1. The van der Waals surface area contributed by atoms with Gasteiger partial charge in [0, 0.05) is 21.2 Å². The summed E-state index contributed by atoms with van der Waals surface area (Å²) >= 11 is 7.45. The summed E-state index contributed by atoms with van der Waals surface area (Å²) in [5.74, 6) is 0.0554. The quantitative estimate of drug-likeness (QED) is 0.317. The van der Waals surface area contributed by atoms with Crippen LogP contribution < -0.4 is 11.2 Å². The number of aromatic nitrogens is 5. The molecule has 1 aliphatic carbocycles. The van der Waals surface area contributed by atoms with Crippen LogP contribution >= 0.6 is 23.4 Å². The first kappa shape index (κ1) is 21.2. The van der Waals surface area contributed by atoms with Gasteiger partial charge < -0.3 is 5.73 Å². The summed E-state index contributed by atoms with van der Waals surface area (Å²) in [5.41, 5.74) is 12.1. The number of carbonyl (C=O) groups excluding carboxylic acids is 1. The van der Waals surface area contributed by atoms with Crippen molar-refractivity contribution in [3.63, 3.8) is 0 Å². The lowest BCUT2D eigenvalue weighted by atomic mass is 10.1. The predicted molar refractivity (Wildman–Crippen MR) is 123 cm³/mol. The molecule has 0 atom stereocenters. The lowest BCUT2D eigenvalue weighted by Crippen LogP contribution is -2.21. The van der Waals surface area contributed by atoms with Crippen LogP contribution in [0.25, 0.3) is 5.82 Å². The van der Waals surface area contributed by atoms with E-state index >= 15 is 0 Å². The number of hydrogen-bond donors (Lipinski definition) is 2. The first-order chi connectivity index (χ1) is 16.1. The van der Waals surface area contributed by atoms with E-state index in [1.807, 2.05) is 30.3 Å². The monoisotopic (exact) mass is 480 g/mol. The van der Waals surface area contributed by atoms with Gasteiger partial charge in [-0.05, 0) is 53.0 Å². The Bertz CT molecular complexity index is 1350. The third-order valence-electron chi connectivity index (χ3n) is 5.12. The number of rotatable bonds is 6. The van der Waals surface area contributed by atoms with Crippen LogP contribution in [-0.2, 0) is 12.2 Å². The van der Waals surface area contributed by atoms with Gasteiger partial charge in [0.15, 0.2) is 5.69 Å². The topological polar surface area (TPSA) is 137 Å². The van der Waals surface area contributed by atoms with Gasteiger partial charge in [0.1, 0.15) is 0 Å². The van der Waals surface area contributed by atoms with E-state index in [9.17, 15) is 4.79 Å². The molecule has 0 fully saturated rings. The first-order valence-corrected chi connectivity index (χ1v) is 11.3. The van der Waals surface area contributed by atoms with Crippen molar-refractivity contribution in [3.8, 4) is 5.82 Å². The van der Waals surface area contributed by atoms with Crippen molar-refractivity contribution in [2.75, 3.05) is 5.73 Å². The Morgan fingerprint density at radius 3 is 2.79 bits per heavy atom. The van der Waals surface area contributed by atoms with Crippen LogP contribution in [0.1, 0.15) is 33.7 Å². The Morgan fingerprint density at radius 1 is 1.18 bits per heavy atom. The van der Waals surface area contributed by atoms with Crippen molar-refractivity contribution in [2.45, 2.75) is 23.5 Å². The molecule has 2 heterocycles. The lowest BCUT2D eigenvalue weighted by molar-refractivity contribution is 0.0949. The number of nitrogen functional groups attached to an aromatic ring is 1. The number of hydrogen-bond acceptors (Lipinski definition) is 9. The number of carbonyl (C=O) groups is 1. The van der Waals surface area contributed by atoms with Gasteiger partial charge in [0.05, 0.1) is 11.4 Å². The van der Waals surface area contributed by atoms with Gasteiger partial charge in [-0.2, -0.15) is 9.78 Å². The second-order valence-electron chi connectivity index (χ2n) is 7.17. The second-order valence-corrected chi connectivity index (χ2v) is 8.65. The van der Waals surface area contributed by atoms with E-state index in [1.54, 1.807) is 12.1 Å². The zero-order chi connectivity index (χ0) is 22.8. The molecule has 4 aromatic rings. The number of nitrogens with zero attached hydrogens (tertiary/aromatic N) is 6. The molecular weight excluding hydrogens is 464 g/mol. The molecule has 0 bridgehead atoms. The Labute approximate surface area is 197 Å². The second kappa shape index (κ2) is 9.04. The predicted octanol–water partition coefficient (Wildman–Crippen LogP) is 3.26. The number of halogens is 1. The molecule has 0 aliphatic heterocycles. The van der Waals surface area contributed by atoms with Gasteiger partial charge in [0.2, 0.25) is 11.6 Å². The van der Waals surface area contributed by atoms with Crippen molar-refractivity contribution < 1.29 is 9.42 Å². The molecule has 5 rings (SSSR count). The largest absolute Gasteiger partial charge is 0.378 e. The van der Waals surface area contributed by atoms with Gasteiger partial charge in [-0.15, -0.1) is 16.9 Å². The van der Waals surface area contributed by atoms with E-state index < -0.39 is 5.91 Å². The van der Waals surface area contributed by atoms with E-state index in [1.165, 1.54) is 22.0 Å². The lowest BCUT2D eigenvalue weighted by Gasteiger charge is -2.06. The van der Waals surface area contributed by atoms with E-state index in [0.717, 1.165) is 29.0 Å². The molecule has 166 valence electrons. The number of nitrogens with two attached hydrogens (primary N) is 1. The van der Waals surface area contributed by atoms with E-state index in [0.29, 0.717) is 16.5 Å². The van der Waals surface area contributed by atoms with Crippen molar-refractivity contribution >= 4 is 40.8 Å². The van der Waals surface area contributed by atoms with Crippen molar-refractivity contribution in [3.05, 3.63) is 76.1 Å². The molecule has 0 radical (unpaired) electrons. The number of nitrogens with one attached hydrogen (secondary N) is 1. The summed E-state index contributed by atoms with van der Waals surface area (Å²) in [7, 11) is 0. The molecule has 0 spiro atoms. The van der Waals surface area contributed by atoms with Crippen LogP contribution in [0.5, 0.6) is 0 Å². The minimum Gasteiger partial charge on any atom is -0.378 e. The van der Waals surface area contributed by atoms with Crippen molar-refractivity contribution in [1.82, 2.24) is 30.7 Å². The van der Waals surface area contributed by atoms with E-state index in [2.05, 4.69) is 37.2 Å². The summed E-state index contributed by atoms with van der Waals surface area (Å²) in [6, 6.07) is 15.4. The molecule has 2 aromatic carbocycles. The maximum absolute atomic E-state index is 13.0. The molecule has 1 amide bonds. The molecule has 0 unspecified atom stereocenters. The normalized spacial score (nSPS) is 13.9. The molecule has 0 saturated heterocycles. The summed E-state index contributed by atoms with van der Waals surface area (Å²) in [6.45, 7) is 0. The Hall–Kier alpha value is -3.70. The highest BCUT2D eigenvalue weighted by Crippen LogP contribution is 2.27. The summed E-state index contributed by atoms with van der Waals surface area (Å²) < 4.78 is 6.04. The van der Waals surface area contributed by atoms with Crippen LogP contribution in [0, 0.1) is 0 Å². The number of anilines is 1. The number of aryl methyl sites for hydroxylation is 1. The number of amides is 1. The average molecular weight is 481 g/mol. The minimum absolute atomic E-state index is 0.0346. The minimum atomic E-state index is -0.486. The van der Waals surface area contributed by atoms with E-state index in [4.69, 9.17) is 22.0 Å². The number of thioether (sulfide) groups is 1. The molecule has 10 nitrogen and oxygen atoms in total. The zero-order valence-electron chi connectivity index (χ0n) is 17.1. The molecule has 12 heteroatoms. The highest BCUT2D eigenvalue weighted by molar-refractivity contribution is 7.98. The van der Waals surface area contributed by atoms with Crippen molar-refractivity contribution in [2.24, 2.45) is 5.10 Å². The third kappa shape index (κ3) is 4.32. The number of fused-ring (bicyclic) bond motifs is 1. The molecule has 2 aromatic heterocycles. The van der Waals surface area contributed by atoms with Crippen LogP contribution in [0.4, 0.5) is 5.82 Å². The van der Waals surface area contributed by atoms with Gasteiger partial charge in [0.25, 0.3) is 5.91 Å². The summed E-state index contributed by atoms with van der Waals surface area (Å²) in [4.78, 5) is 14.0. The maximum Gasteiger partial charge on any atom is 0.293 e. The van der Waals surface area contributed by atoms with Crippen LogP contribution in [0.2, 0.25) is 5.02 Å². The maximum atomic E-state index is 13.0. The molecule has 0 saturated carbocycles. The standard InChI is InChI=1S/C21H17ClN8O2S/c22-13-6-8-14(9-7-13)33-11-17-18(25-29-30(17)20-19(23)27-32-28-20)21(31)26-24-16-10-5-12-3-1-2-4-15(12)16/h1-4,6-9H,5,10-11H2,(H2,23,27)(H,26,31)/b24-16-. The van der Waals surface area contributed by atoms with Gasteiger partial charge in [-0.3, -0.25) is 4.79 Å². The molecule has 3 N–H and O–H groups in total. The average Bonchev–Trinajstić information content (AvgIpc) is 3.55. The molecular formula is C21H17ClN8O2S. The van der Waals surface area contributed by atoms with E-state index in [-0.39, 0.29) is 17.3 Å². The van der Waals surface area contributed by atoms with Crippen LogP contribution in [-0.4, -0.2) is 36.9 Å². The zero-order valence-corrected chi connectivity index (χ0v) is 18.7. The fourth-order valence-electron chi connectivity index (χ4n) is 3.49. The Kier molecular flexibility index (Phi) is 5.80. The van der Waals surface area contributed by atoms with Gasteiger partial charge in [-0.1, -0.05) is 41.1 Å². The van der Waals surface area contributed by atoms with Crippen molar-refractivity contribution in [1.29, 1.82) is 0 Å². The fraction of sp³-hybridized carbons (Fsp3) is 0.143. The first-order valence-electron chi connectivity index (χ1n) is 9.96. The fourth-order valence-corrected chi connectivity index (χ4v) is 4.51. The SMILES string of the molecule is Nc1nonc1-n1nnc(C(=O)N/N=C2/CCc3ccccc32)c1CSc1ccc(Cl)cc1. The molecule has 33 heavy (non-hydrogen) atoms. The smallest absolute Gasteiger partial charge is 0.293 e. The third-order valence-corrected chi connectivity index (χ3v) is 6.39. The Morgan fingerprint density at radius 2 is 2.00 bits per heavy atom. The molecule has 1 aliphatic rings. The Balaban J connectivity index is 1.42.